The number of sulfone groups is 1. The van der Waals surface area contributed by atoms with Gasteiger partial charge in [0.15, 0.2) is 9.84 Å². The monoisotopic (exact) mass is 338 g/mol. The van der Waals surface area contributed by atoms with Crippen LogP contribution in [0.5, 0.6) is 0 Å². The Kier molecular flexibility index (Phi) is 5.21. The van der Waals surface area contributed by atoms with Gasteiger partial charge in [-0.05, 0) is 42.0 Å². The van der Waals surface area contributed by atoms with Crippen molar-refractivity contribution in [2.45, 2.75) is 11.8 Å². The van der Waals surface area contributed by atoms with Crippen molar-refractivity contribution in [3.8, 4) is 0 Å². The number of esters is 1. The first kappa shape index (κ1) is 16.5. The lowest BCUT2D eigenvalue weighted by molar-refractivity contribution is -0.137. The van der Waals surface area contributed by atoms with E-state index in [1.54, 1.807) is 37.3 Å². The minimum atomic E-state index is -3.50. The first-order valence-corrected chi connectivity index (χ1v) is 8.71. The molecule has 0 aromatic heterocycles. The Hall–Kier alpha value is -1.85. The van der Waals surface area contributed by atoms with Crippen molar-refractivity contribution in [2.75, 3.05) is 12.4 Å². The van der Waals surface area contributed by atoms with Crippen LogP contribution in [0.15, 0.2) is 53.4 Å². The van der Waals surface area contributed by atoms with Gasteiger partial charge in [-0.15, -0.1) is 0 Å². The van der Waals surface area contributed by atoms with Crippen LogP contribution < -0.4 is 0 Å². The number of hydrogen-bond donors (Lipinski definition) is 0. The maximum atomic E-state index is 12.3. The number of fused-ring (bicyclic) bond motifs is 1. The highest BCUT2D eigenvalue weighted by Gasteiger charge is 2.13. The average Bonchev–Trinajstić information content (AvgIpc) is 2.46. The van der Waals surface area contributed by atoms with E-state index in [0.717, 1.165) is 16.8 Å². The molecule has 0 heterocycles. The Morgan fingerprint density at radius 2 is 1.86 bits per heavy atom. The van der Waals surface area contributed by atoms with Gasteiger partial charge in [-0.3, -0.25) is 0 Å². The first-order valence-electron chi connectivity index (χ1n) is 6.68. The van der Waals surface area contributed by atoms with Gasteiger partial charge in [0, 0.05) is 11.1 Å². The van der Waals surface area contributed by atoms with Crippen molar-refractivity contribution < 1.29 is 17.9 Å². The number of ether oxygens (including phenoxy) is 1. The maximum absolute atomic E-state index is 12.3. The highest BCUT2D eigenvalue weighted by molar-refractivity contribution is 7.91. The molecule has 0 bridgehead atoms. The number of halogens is 1. The molecule has 0 amide bonds. The predicted octanol–water partition coefficient (Wildman–Crippen LogP) is 3.39. The van der Waals surface area contributed by atoms with Gasteiger partial charge in [-0.2, -0.15) is 0 Å². The number of benzene rings is 2. The summed E-state index contributed by atoms with van der Waals surface area (Å²) >= 11 is 5.90. The quantitative estimate of drug-likeness (QED) is 0.619. The van der Waals surface area contributed by atoms with Gasteiger partial charge in [-0.25, -0.2) is 13.2 Å². The van der Waals surface area contributed by atoms with E-state index in [-0.39, 0.29) is 17.3 Å². The van der Waals surface area contributed by atoms with Crippen molar-refractivity contribution in [2.24, 2.45) is 0 Å². The molecule has 0 spiro atoms. The molecule has 2 aromatic carbocycles. The normalized spacial score (nSPS) is 11.9. The van der Waals surface area contributed by atoms with Gasteiger partial charge in [0.25, 0.3) is 0 Å². The Morgan fingerprint density at radius 3 is 2.59 bits per heavy atom. The summed E-state index contributed by atoms with van der Waals surface area (Å²) in [4.78, 5) is 11.4. The van der Waals surface area contributed by atoms with Crippen LogP contribution in [0.2, 0.25) is 5.02 Å². The Balaban J connectivity index is 2.22. The van der Waals surface area contributed by atoms with Gasteiger partial charge in [0.1, 0.15) is 0 Å². The summed E-state index contributed by atoms with van der Waals surface area (Å²) in [6.07, 6.45) is 2.42. The van der Waals surface area contributed by atoms with Gasteiger partial charge >= 0.3 is 5.97 Å². The predicted molar refractivity (Wildman–Crippen MR) is 86.8 cm³/mol. The third-order valence-corrected chi connectivity index (χ3v) is 4.83. The Morgan fingerprint density at radius 1 is 1.18 bits per heavy atom. The van der Waals surface area contributed by atoms with Gasteiger partial charge in [0.05, 0.1) is 17.3 Å². The molecular formula is C16H15ClO4S. The highest BCUT2D eigenvalue weighted by Crippen LogP contribution is 2.23. The molecule has 0 N–H and O–H groups in total. The smallest absolute Gasteiger partial charge is 0.330 e. The highest BCUT2D eigenvalue weighted by atomic mass is 35.5. The van der Waals surface area contributed by atoms with E-state index in [1.807, 2.05) is 0 Å². The molecule has 0 fully saturated rings. The van der Waals surface area contributed by atoms with Crippen LogP contribution in [0, 0.1) is 0 Å². The van der Waals surface area contributed by atoms with Crippen molar-refractivity contribution in [1.82, 2.24) is 0 Å². The molecule has 0 aliphatic carbocycles. The molecule has 0 saturated heterocycles. The van der Waals surface area contributed by atoms with Crippen molar-refractivity contribution in [1.29, 1.82) is 0 Å². The van der Waals surface area contributed by atoms with Gasteiger partial charge < -0.3 is 4.74 Å². The number of carbonyl (C=O) groups excluding carboxylic acids is 1. The van der Waals surface area contributed by atoms with Crippen LogP contribution in [0.25, 0.3) is 10.8 Å². The van der Waals surface area contributed by atoms with Crippen LogP contribution in [-0.2, 0) is 19.4 Å². The zero-order valence-electron chi connectivity index (χ0n) is 12.0. The fourth-order valence-electron chi connectivity index (χ4n) is 1.95. The van der Waals surface area contributed by atoms with E-state index in [1.165, 1.54) is 12.1 Å². The van der Waals surface area contributed by atoms with Gasteiger partial charge in [0.2, 0.25) is 0 Å². The fraction of sp³-hybridized carbons (Fsp3) is 0.188. The molecule has 22 heavy (non-hydrogen) atoms. The summed E-state index contributed by atoms with van der Waals surface area (Å²) < 4.78 is 29.2. The number of carbonyl (C=O) groups is 1. The lowest BCUT2D eigenvalue weighted by Crippen LogP contribution is -2.06. The molecule has 116 valence electrons. The Bertz CT molecular complexity index is 825. The summed E-state index contributed by atoms with van der Waals surface area (Å²) in [5.41, 5.74) is 0. The zero-order chi connectivity index (χ0) is 16.2. The van der Waals surface area contributed by atoms with Crippen LogP contribution >= 0.6 is 11.6 Å². The van der Waals surface area contributed by atoms with Crippen LogP contribution in [0.3, 0.4) is 0 Å². The molecule has 4 nitrogen and oxygen atoms in total. The zero-order valence-corrected chi connectivity index (χ0v) is 13.5. The second-order valence-corrected chi connectivity index (χ2v) is 7.06. The summed E-state index contributed by atoms with van der Waals surface area (Å²) in [5.74, 6) is -0.809. The van der Waals surface area contributed by atoms with Gasteiger partial charge in [-0.1, -0.05) is 29.8 Å². The maximum Gasteiger partial charge on any atom is 0.330 e. The van der Waals surface area contributed by atoms with E-state index in [4.69, 9.17) is 16.3 Å². The first-order chi connectivity index (χ1) is 10.4. The van der Waals surface area contributed by atoms with E-state index in [9.17, 15) is 13.2 Å². The second-order valence-electron chi connectivity index (χ2n) is 4.59. The SMILES string of the molecule is CCOC(=O)C=CCS(=O)(=O)c1ccc2cc(Cl)ccc2c1. The standard InChI is InChI=1S/C16H15ClO4S/c1-2-21-16(18)4-3-9-22(19,20)15-8-6-12-10-14(17)7-5-13(12)11-15/h3-8,10-11H,2,9H2,1H3. The third-order valence-electron chi connectivity index (χ3n) is 2.99. The van der Waals surface area contributed by atoms with Crippen LogP contribution in [0.4, 0.5) is 0 Å². The largest absolute Gasteiger partial charge is 0.463 e. The minimum absolute atomic E-state index is 0.204. The number of hydrogen-bond acceptors (Lipinski definition) is 4. The summed E-state index contributed by atoms with van der Waals surface area (Å²) in [6, 6.07) is 10.1. The van der Waals surface area contributed by atoms with E-state index >= 15 is 0 Å². The lowest BCUT2D eigenvalue weighted by Gasteiger charge is -2.04. The molecule has 0 unspecified atom stereocenters. The van der Waals surface area contributed by atoms with Crippen molar-refractivity contribution in [3.63, 3.8) is 0 Å². The molecule has 2 rings (SSSR count). The second kappa shape index (κ2) is 6.94. The summed E-state index contributed by atoms with van der Waals surface area (Å²) in [6.45, 7) is 1.94. The topological polar surface area (TPSA) is 60.4 Å². The van der Waals surface area contributed by atoms with E-state index in [2.05, 4.69) is 0 Å². The molecule has 0 saturated carbocycles. The van der Waals surface area contributed by atoms with Crippen LogP contribution in [0.1, 0.15) is 6.92 Å². The number of rotatable bonds is 5. The molecular weight excluding hydrogens is 324 g/mol. The van der Waals surface area contributed by atoms with Crippen molar-refractivity contribution >= 4 is 38.2 Å². The molecule has 0 radical (unpaired) electrons. The van der Waals surface area contributed by atoms with E-state index in [0.29, 0.717) is 5.02 Å². The summed E-state index contributed by atoms with van der Waals surface area (Å²) in [7, 11) is -3.50. The summed E-state index contributed by atoms with van der Waals surface area (Å²) in [5, 5.41) is 2.26. The lowest BCUT2D eigenvalue weighted by atomic mass is 10.1. The van der Waals surface area contributed by atoms with Crippen LogP contribution in [-0.4, -0.2) is 26.7 Å². The average molecular weight is 339 g/mol. The van der Waals surface area contributed by atoms with Crippen molar-refractivity contribution in [3.05, 3.63) is 53.6 Å². The molecule has 6 heteroatoms. The fourth-order valence-corrected chi connectivity index (χ4v) is 3.25. The Labute approximate surface area is 134 Å². The molecule has 0 aliphatic rings. The molecule has 0 aliphatic heterocycles. The third kappa shape index (κ3) is 4.08. The van der Waals surface area contributed by atoms with E-state index < -0.39 is 15.8 Å². The molecule has 0 atom stereocenters. The minimum Gasteiger partial charge on any atom is -0.463 e. The molecule has 2 aromatic rings.